The summed E-state index contributed by atoms with van der Waals surface area (Å²) in [7, 11) is 2.16. The maximum absolute atomic E-state index is 12.3. The van der Waals surface area contributed by atoms with E-state index in [0.29, 0.717) is 36.5 Å². The molecule has 1 heterocycles. The van der Waals surface area contributed by atoms with Crippen molar-refractivity contribution in [2.45, 2.75) is 26.8 Å². The summed E-state index contributed by atoms with van der Waals surface area (Å²) in [5.74, 6) is 1.18. The van der Waals surface area contributed by atoms with Gasteiger partial charge in [-0.15, -0.1) is 0 Å². The van der Waals surface area contributed by atoms with Gasteiger partial charge in [-0.2, -0.15) is 0 Å². The third-order valence-electron chi connectivity index (χ3n) is 4.68. The predicted molar refractivity (Wildman–Crippen MR) is 102 cm³/mol. The van der Waals surface area contributed by atoms with Gasteiger partial charge in [0.2, 0.25) is 0 Å². The lowest BCUT2D eigenvalue weighted by Crippen LogP contribution is -2.54. The number of carbonyl (C=O) groups excluding carboxylic acids is 1. The molecule has 140 valence electrons. The highest BCUT2D eigenvalue weighted by Crippen LogP contribution is 2.23. The number of nitrogens with zero attached hydrogens (tertiary/aromatic N) is 2. The van der Waals surface area contributed by atoms with Crippen LogP contribution in [0.5, 0.6) is 5.75 Å². The van der Waals surface area contributed by atoms with Crippen LogP contribution in [-0.4, -0.2) is 68.3 Å². The van der Waals surface area contributed by atoms with E-state index >= 15 is 0 Å². The molecular formula is C19H32N4O2. The van der Waals surface area contributed by atoms with Crippen LogP contribution in [-0.2, 0) is 0 Å². The Morgan fingerprint density at radius 2 is 1.88 bits per heavy atom. The predicted octanol–water partition coefficient (Wildman–Crippen LogP) is 2.48. The van der Waals surface area contributed by atoms with Gasteiger partial charge >= 0.3 is 6.03 Å². The van der Waals surface area contributed by atoms with E-state index in [1.54, 1.807) is 0 Å². The van der Waals surface area contributed by atoms with E-state index in [4.69, 9.17) is 4.74 Å². The molecule has 0 aliphatic carbocycles. The standard InChI is InChI=1S/C19H32N4O2/c1-5-25-18-9-7-6-8-16(18)21-19(24)20-14-17(15(2)3)23-12-10-22(4)11-13-23/h6-9,15,17H,5,10-14H2,1-4H3,(H2,20,21,24)/t17-/m0/s1. The van der Waals surface area contributed by atoms with Crippen molar-refractivity contribution in [1.82, 2.24) is 15.1 Å². The fraction of sp³-hybridized carbons (Fsp3) is 0.632. The van der Waals surface area contributed by atoms with Crippen molar-refractivity contribution in [2.75, 3.05) is 51.7 Å². The van der Waals surface area contributed by atoms with Crippen molar-refractivity contribution in [1.29, 1.82) is 0 Å². The second-order valence-electron chi connectivity index (χ2n) is 6.91. The molecule has 1 fully saturated rings. The Labute approximate surface area is 151 Å². The summed E-state index contributed by atoms with van der Waals surface area (Å²) in [4.78, 5) is 17.2. The molecule has 25 heavy (non-hydrogen) atoms. The summed E-state index contributed by atoms with van der Waals surface area (Å²) < 4.78 is 5.55. The number of hydrogen-bond donors (Lipinski definition) is 2. The molecule has 1 aliphatic rings. The van der Waals surface area contributed by atoms with Crippen molar-refractivity contribution in [3.63, 3.8) is 0 Å². The van der Waals surface area contributed by atoms with Crippen LogP contribution >= 0.6 is 0 Å². The molecule has 6 heteroatoms. The number of hydrogen-bond acceptors (Lipinski definition) is 4. The first kappa shape index (κ1) is 19.5. The Balaban J connectivity index is 1.89. The minimum Gasteiger partial charge on any atom is -0.492 e. The zero-order valence-electron chi connectivity index (χ0n) is 15.9. The molecule has 2 rings (SSSR count). The maximum Gasteiger partial charge on any atom is 0.319 e. The molecule has 1 aromatic carbocycles. The first-order valence-electron chi connectivity index (χ1n) is 9.20. The minimum atomic E-state index is -0.188. The Morgan fingerprint density at radius 1 is 1.20 bits per heavy atom. The molecule has 0 spiro atoms. The average Bonchev–Trinajstić information content (AvgIpc) is 2.58. The maximum atomic E-state index is 12.3. The number of likely N-dealkylation sites (N-methyl/N-ethyl adjacent to an activating group) is 1. The first-order valence-corrected chi connectivity index (χ1v) is 9.20. The minimum absolute atomic E-state index is 0.188. The van der Waals surface area contributed by atoms with Gasteiger partial charge in [-0.05, 0) is 32.0 Å². The van der Waals surface area contributed by atoms with Gasteiger partial charge in [0, 0.05) is 38.8 Å². The normalized spacial score (nSPS) is 17.3. The Morgan fingerprint density at radius 3 is 2.52 bits per heavy atom. The summed E-state index contributed by atoms with van der Waals surface area (Å²) in [6.07, 6.45) is 0. The molecule has 0 bridgehead atoms. The van der Waals surface area contributed by atoms with Gasteiger partial charge in [0.25, 0.3) is 0 Å². The average molecular weight is 348 g/mol. The van der Waals surface area contributed by atoms with Crippen LogP contribution in [0, 0.1) is 5.92 Å². The largest absolute Gasteiger partial charge is 0.492 e. The molecule has 2 amide bonds. The van der Waals surface area contributed by atoms with Gasteiger partial charge in [0.15, 0.2) is 0 Å². The molecule has 0 aromatic heterocycles. The van der Waals surface area contributed by atoms with Crippen molar-refractivity contribution < 1.29 is 9.53 Å². The highest BCUT2D eigenvalue weighted by molar-refractivity contribution is 5.90. The van der Waals surface area contributed by atoms with Crippen LogP contribution in [0.3, 0.4) is 0 Å². The van der Waals surface area contributed by atoms with E-state index < -0.39 is 0 Å². The number of para-hydroxylation sites is 2. The second kappa shape index (κ2) is 9.63. The fourth-order valence-corrected chi connectivity index (χ4v) is 3.16. The number of anilines is 1. The number of benzene rings is 1. The molecule has 2 N–H and O–H groups in total. The van der Waals surface area contributed by atoms with Crippen LogP contribution in [0.25, 0.3) is 0 Å². The van der Waals surface area contributed by atoms with Crippen LogP contribution in [0.1, 0.15) is 20.8 Å². The summed E-state index contributed by atoms with van der Waals surface area (Å²) in [5, 5.41) is 5.93. The van der Waals surface area contributed by atoms with E-state index in [2.05, 4.69) is 41.3 Å². The topological polar surface area (TPSA) is 56.8 Å². The lowest BCUT2D eigenvalue weighted by atomic mass is 10.0. The summed E-state index contributed by atoms with van der Waals surface area (Å²) in [5.41, 5.74) is 0.697. The van der Waals surface area contributed by atoms with Crippen molar-refractivity contribution >= 4 is 11.7 Å². The molecule has 6 nitrogen and oxygen atoms in total. The summed E-state index contributed by atoms with van der Waals surface area (Å²) in [6, 6.07) is 7.66. The second-order valence-corrected chi connectivity index (χ2v) is 6.91. The number of rotatable bonds is 7. The lowest BCUT2D eigenvalue weighted by molar-refractivity contribution is 0.0890. The van der Waals surface area contributed by atoms with E-state index in [-0.39, 0.29) is 6.03 Å². The quantitative estimate of drug-likeness (QED) is 0.795. The first-order chi connectivity index (χ1) is 12.0. The van der Waals surface area contributed by atoms with Gasteiger partial charge in [-0.25, -0.2) is 4.79 Å². The van der Waals surface area contributed by atoms with Crippen molar-refractivity contribution in [2.24, 2.45) is 5.92 Å². The van der Waals surface area contributed by atoms with Gasteiger partial charge in [-0.3, -0.25) is 4.90 Å². The number of amides is 2. The van der Waals surface area contributed by atoms with E-state index in [1.807, 2.05) is 31.2 Å². The van der Waals surface area contributed by atoms with Gasteiger partial charge < -0.3 is 20.3 Å². The van der Waals surface area contributed by atoms with Gasteiger partial charge in [-0.1, -0.05) is 26.0 Å². The number of ether oxygens (including phenoxy) is 1. The van der Waals surface area contributed by atoms with Crippen LogP contribution in [0.15, 0.2) is 24.3 Å². The molecule has 1 aliphatic heterocycles. The molecule has 0 radical (unpaired) electrons. The van der Waals surface area contributed by atoms with Crippen LogP contribution in [0.2, 0.25) is 0 Å². The smallest absolute Gasteiger partial charge is 0.319 e. The molecule has 1 saturated heterocycles. The third kappa shape index (κ3) is 5.90. The van der Waals surface area contributed by atoms with Gasteiger partial charge in [0.1, 0.15) is 5.75 Å². The summed E-state index contributed by atoms with van der Waals surface area (Å²) in [6.45, 7) is 11.8. The monoisotopic (exact) mass is 348 g/mol. The molecule has 1 aromatic rings. The molecule has 0 unspecified atom stereocenters. The van der Waals surface area contributed by atoms with Crippen molar-refractivity contribution in [3.05, 3.63) is 24.3 Å². The van der Waals surface area contributed by atoms with E-state index in [0.717, 1.165) is 26.2 Å². The van der Waals surface area contributed by atoms with Crippen LogP contribution in [0.4, 0.5) is 10.5 Å². The number of urea groups is 1. The molecule has 0 saturated carbocycles. The van der Waals surface area contributed by atoms with Crippen molar-refractivity contribution in [3.8, 4) is 5.75 Å². The Bertz CT molecular complexity index is 542. The fourth-order valence-electron chi connectivity index (χ4n) is 3.16. The van der Waals surface area contributed by atoms with E-state index in [1.165, 1.54) is 0 Å². The molecule has 1 atom stereocenters. The summed E-state index contributed by atoms with van der Waals surface area (Å²) >= 11 is 0. The zero-order valence-corrected chi connectivity index (χ0v) is 15.9. The number of piperazine rings is 1. The lowest BCUT2D eigenvalue weighted by Gasteiger charge is -2.39. The van der Waals surface area contributed by atoms with Crippen LogP contribution < -0.4 is 15.4 Å². The zero-order chi connectivity index (χ0) is 18.2. The Kier molecular flexibility index (Phi) is 7.52. The highest BCUT2D eigenvalue weighted by Gasteiger charge is 2.25. The number of nitrogens with one attached hydrogen (secondary N) is 2. The molecular weight excluding hydrogens is 316 g/mol. The van der Waals surface area contributed by atoms with Gasteiger partial charge in [0.05, 0.1) is 12.3 Å². The highest BCUT2D eigenvalue weighted by atomic mass is 16.5. The Hall–Kier alpha value is -1.79. The SMILES string of the molecule is CCOc1ccccc1NC(=O)NC[C@@H](C(C)C)N1CCN(C)CC1. The number of carbonyl (C=O) groups is 1. The third-order valence-corrected chi connectivity index (χ3v) is 4.68. The van der Waals surface area contributed by atoms with E-state index in [9.17, 15) is 4.79 Å².